The Bertz CT molecular complexity index is 370. The van der Waals surface area contributed by atoms with Crippen LogP contribution in [-0.4, -0.2) is 17.3 Å². The second-order valence-corrected chi connectivity index (χ2v) is 3.76. The van der Waals surface area contributed by atoms with E-state index >= 15 is 0 Å². The van der Waals surface area contributed by atoms with Crippen LogP contribution in [0.5, 0.6) is 0 Å². The molecule has 0 bridgehead atoms. The van der Waals surface area contributed by atoms with E-state index < -0.39 is 18.3 Å². The first-order valence-electron chi connectivity index (χ1n) is 4.94. The number of nitrogens with two attached hydrogens (primary N) is 1. The van der Waals surface area contributed by atoms with Crippen LogP contribution in [0, 0.1) is 0 Å². The Kier molecular flexibility index (Phi) is 4.58. The normalized spacial score (nSPS) is 14.2. The molecule has 1 aromatic carbocycles. The van der Waals surface area contributed by atoms with Gasteiger partial charge in [0.15, 0.2) is 0 Å². The largest absolute Gasteiger partial charge is 0.443 e. The molecule has 3 N–H and O–H groups in total. The molecule has 0 saturated heterocycles. The van der Waals surface area contributed by atoms with E-state index in [1.165, 1.54) is 0 Å². The molecule has 5 heteroatoms. The third kappa shape index (κ3) is 3.12. The van der Waals surface area contributed by atoms with E-state index in [4.69, 9.17) is 22.1 Å². The van der Waals surface area contributed by atoms with Gasteiger partial charge in [-0.2, -0.15) is 0 Å². The summed E-state index contributed by atoms with van der Waals surface area (Å²) < 4.78 is 4.80. The fraction of sp³-hybridized carbons (Fsp3) is 0.364. The highest BCUT2D eigenvalue weighted by molar-refractivity contribution is 6.31. The van der Waals surface area contributed by atoms with Gasteiger partial charge in [-0.25, -0.2) is 4.79 Å². The van der Waals surface area contributed by atoms with Crippen LogP contribution in [0.25, 0.3) is 0 Å². The van der Waals surface area contributed by atoms with E-state index in [2.05, 4.69) is 0 Å². The lowest BCUT2D eigenvalue weighted by Gasteiger charge is -2.21. The third-order valence-electron chi connectivity index (χ3n) is 2.25. The van der Waals surface area contributed by atoms with Crippen molar-refractivity contribution in [3.63, 3.8) is 0 Å². The number of benzene rings is 1. The van der Waals surface area contributed by atoms with E-state index in [9.17, 15) is 9.90 Å². The van der Waals surface area contributed by atoms with Crippen molar-refractivity contribution in [2.24, 2.45) is 5.73 Å². The molecule has 0 aliphatic rings. The van der Waals surface area contributed by atoms with Crippen LogP contribution in [-0.2, 0) is 4.74 Å². The van der Waals surface area contributed by atoms with Crippen LogP contribution in [0.3, 0.4) is 0 Å². The van der Waals surface area contributed by atoms with Crippen LogP contribution >= 0.6 is 11.6 Å². The molecule has 0 spiro atoms. The number of hydrogen-bond acceptors (Lipinski definition) is 3. The van der Waals surface area contributed by atoms with E-state index in [-0.39, 0.29) is 0 Å². The Hall–Kier alpha value is -1.26. The highest BCUT2D eigenvalue weighted by atomic mass is 35.5. The summed E-state index contributed by atoms with van der Waals surface area (Å²) in [6.45, 7) is 1.79. The Balaban J connectivity index is 2.86. The van der Waals surface area contributed by atoms with E-state index in [0.717, 1.165) is 0 Å². The molecular formula is C11H14ClNO3. The number of ether oxygens (including phenoxy) is 1. The van der Waals surface area contributed by atoms with Gasteiger partial charge in [0.25, 0.3) is 0 Å². The molecule has 0 heterocycles. The predicted molar refractivity (Wildman–Crippen MR) is 61.2 cm³/mol. The summed E-state index contributed by atoms with van der Waals surface area (Å²) in [5.41, 5.74) is 5.44. The van der Waals surface area contributed by atoms with Crippen LogP contribution in [0.2, 0.25) is 5.02 Å². The number of rotatable bonds is 4. The number of halogens is 1. The Morgan fingerprint density at radius 2 is 2.19 bits per heavy atom. The lowest BCUT2D eigenvalue weighted by atomic mass is 10.0. The molecular weight excluding hydrogens is 230 g/mol. The number of aliphatic hydroxyl groups is 1. The summed E-state index contributed by atoms with van der Waals surface area (Å²) in [4.78, 5) is 10.6. The minimum Gasteiger partial charge on any atom is -0.443 e. The number of amides is 1. The van der Waals surface area contributed by atoms with Crippen molar-refractivity contribution in [2.45, 2.75) is 25.6 Å². The van der Waals surface area contributed by atoms with Crippen molar-refractivity contribution in [1.29, 1.82) is 0 Å². The zero-order valence-corrected chi connectivity index (χ0v) is 9.65. The number of primary amides is 1. The van der Waals surface area contributed by atoms with E-state index in [0.29, 0.717) is 17.0 Å². The summed E-state index contributed by atoms with van der Waals surface area (Å²) >= 11 is 5.92. The second kappa shape index (κ2) is 5.72. The first-order chi connectivity index (χ1) is 7.56. The van der Waals surface area contributed by atoms with Crippen molar-refractivity contribution in [2.75, 3.05) is 0 Å². The maximum atomic E-state index is 10.6. The Morgan fingerprint density at radius 1 is 1.56 bits per heavy atom. The summed E-state index contributed by atoms with van der Waals surface area (Å²) in [7, 11) is 0. The molecule has 0 aromatic heterocycles. The molecule has 0 unspecified atom stereocenters. The van der Waals surface area contributed by atoms with Gasteiger partial charge in [0.1, 0.15) is 12.2 Å². The SMILES string of the molecule is CC[C@@H](OC(N)=O)[C@H](O)c1ccccc1Cl. The summed E-state index contributed by atoms with van der Waals surface area (Å²) in [5, 5.41) is 10.4. The molecule has 0 saturated carbocycles. The maximum absolute atomic E-state index is 10.6. The minimum absolute atomic E-state index is 0.432. The number of hydrogen-bond donors (Lipinski definition) is 2. The number of aliphatic hydroxyl groups excluding tert-OH is 1. The van der Waals surface area contributed by atoms with Crippen LogP contribution in [0.4, 0.5) is 4.79 Å². The van der Waals surface area contributed by atoms with Gasteiger partial charge in [-0.05, 0) is 12.5 Å². The lowest BCUT2D eigenvalue weighted by molar-refractivity contribution is 0.00341. The molecule has 0 radical (unpaired) electrons. The van der Waals surface area contributed by atoms with Gasteiger partial charge in [-0.15, -0.1) is 0 Å². The zero-order chi connectivity index (χ0) is 12.1. The monoisotopic (exact) mass is 243 g/mol. The van der Waals surface area contributed by atoms with Crippen LogP contribution < -0.4 is 5.73 Å². The molecule has 1 rings (SSSR count). The first kappa shape index (κ1) is 12.8. The fourth-order valence-corrected chi connectivity index (χ4v) is 1.68. The molecule has 1 aromatic rings. The van der Waals surface area contributed by atoms with Gasteiger partial charge >= 0.3 is 6.09 Å². The first-order valence-corrected chi connectivity index (χ1v) is 5.32. The number of carbonyl (C=O) groups is 1. The van der Waals surface area contributed by atoms with Gasteiger partial charge in [0.05, 0.1) is 0 Å². The average molecular weight is 244 g/mol. The number of carbonyl (C=O) groups excluding carboxylic acids is 1. The zero-order valence-electron chi connectivity index (χ0n) is 8.89. The topological polar surface area (TPSA) is 72.5 Å². The fourth-order valence-electron chi connectivity index (χ4n) is 1.44. The predicted octanol–water partition coefficient (Wildman–Crippen LogP) is 2.25. The smallest absolute Gasteiger partial charge is 0.404 e. The summed E-state index contributed by atoms with van der Waals surface area (Å²) in [6.07, 6.45) is -2.10. The van der Waals surface area contributed by atoms with Crippen molar-refractivity contribution < 1.29 is 14.6 Å². The molecule has 1 amide bonds. The van der Waals surface area contributed by atoms with Crippen molar-refractivity contribution in [1.82, 2.24) is 0 Å². The summed E-state index contributed by atoms with van der Waals surface area (Å²) in [6, 6.07) is 6.85. The average Bonchev–Trinajstić information content (AvgIpc) is 2.25. The molecule has 16 heavy (non-hydrogen) atoms. The maximum Gasteiger partial charge on any atom is 0.404 e. The third-order valence-corrected chi connectivity index (χ3v) is 2.59. The van der Waals surface area contributed by atoms with Crippen molar-refractivity contribution in [3.05, 3.63) is 34.9 Å². The molecule has 0 aliphatic carbocycles. The lowest BCUT2D eigenvalue weighted by Crippen LogP contribution is -2.28. The van der Waals surface area contributed by atoms with Crippen molar-refractivity contribution in [3.8, 4) is 0 Å². The quantitative estimate of drug-likeness (QED) is 0.852. The van der Waals surface area contributed by atoms with Gasteiger partial charge in [-0.3, -0.25) is 0 Å². The Morgan fingerprint density at radius 3 is 2.69 bits per heavy atom. The van der Waals surface area contributed by atoms with E-state index in [1.807, 2.05) is 0 Å². The van der Waals surface area contributed by atoms with Gasteiger partial charge in [0.2, 0.25) is 0 Å². The minimum atomic E-state index is -0.966. The van der Waals surface area contributed by atoms with Gasteiger partial charge < -0.3 is 15.6 Å². The van der Waals surface area contributed by atoms with Crippen LogP contribution in [0.1, 0.15) is 25.0 Å². The highest BCUT2D eigenvalue weighted by Crippen LogP contribution is 2.27. The molecule has 0 fully saturated rings. The van der Waals surface area contributed by atoms with Crippen molar-refractivity contribution >= 4 is 17.7 Å². The summed E-state index contributed by atoms with van der Waals surface area (Å²) in [5.74, 6) is 0. The highest BCUT2D eigenvalue weighted by Gasteiger charge is 2.23. The Labute approximate surface area is 99.0 Å². The van der Waals surface area contributed by atoms with Crippen LogP contribution in [0.15, 0.2) is 24.3 Å². The molecule has 2 atom stereocenters. The molecule has 88 valence electrons. The molecule has 4 nitrogen and oxygen atoms in total. The van der Waals surface area contributed by atoms with Gasteiger partial charge in [0, 0.05) is 10.6 Å². The second-order valence-electron chi connectivity index (χ2n) is 3.35. The molecule has 0 aliphatic heterocycles. The van der Waals surface area contributed by atoms with Gasteiger partial charge in [-0.1, -0.05) is 36.7 Å². The van der Waals surface area contributed by atoms with E-state index in [1.54, 1.807) is 31.2 Å². The standard InChI is InChI=1S/C11H14ClNO3/c1-2-9(16-11(13)15)10(14)7-5-3-4-6-8(7)12/h3-6,9-10,14H,2H2,1H3,(H2,13,15)/t9-,10-/m1/s1.